The molecule has 0 aliphatic carbocycles. The molecule has 1 unspecified atom stereocenters. The normalized spacial score (nSPS) is 14.4. The number of carbonyl (C=O) groups excluding carboxylic acids is 1. The third-order valence-electron chi connectivity index (χ3n) is 5.34. The van der Waals surface area contributed by atoms with Crippen molar-refractivity contribution in [1.82, 2.24) is 15.5 Å². The smallest absolute Gasteiger partial charge is 0.242 e. The van der Waals surface area contributed by atoms with E-state index in [0.717, 1.165) is 19.5 Å². The van der Waals surface area contributed by atoms with Gasteiger partial charge in [0, 0.05) is 26.7 Å². The van der Waals surface area contributed by atoms with Crippen LogP contribution in [0.4, 0.5) is 0 Å². The molecule has 0 saturated heterocycles. The molecule has 0 bridgehead atoms. The topological polar surface area (TPSA) is 56.7 Å². The maximum atomic E-state index is 12.6. The largest absolute Gasteiger partial charge is 0.356 e. The molecule has 0 fully saturated rings. The van der Waals surface area contributed by atoms with Crippen LogP contribution in [-0.2, 0) is 17.8 Å². The lowest BCUT2D eigenvalue weighted by Gasteiger charge is -2.29. The van der Waals surface area contributed by atoms with Crippen molar-refractivity contribution < 1.29 is 4.79 Å². The molecule has 0 spiro atoms. The number of rotatable bonds is 5. The van der Waals surface area contributed by atoms with Crippen LogP contribution in [-0.4, -0.2) is 43.4 Å². The number of aryl methyl sites for hydroxylation is 1. The zero-order valence-corrected chi connectivity index (χ0v) is 19.8. The van der Waals surface area contributed by atoms with Crippen LogP contribution in [0, 0.1) is 6.92 Å². The van der Waals surface area contributed by atoms with Gasteiger partial charge >= 0.3 is 0 Å². The summed E-state index contributed by atoms with van der Waals surface area (Å²) in [5, 5.41) is 6.48. The Balaban J connectivity index is 0.00000300. The van der Waals surface area contributed by atoms with E-state index in [1.165, 1.54) is 22.3 Å². The second-order valence-corrected chi connectivity index (χ2v) is 7.45. The zero-order chi connectivity index (χ0) is 19.9. The molecule has 1 heterocycles. The molecule has 2 aromatic rings. The van der Waals surface area contributed by atoms with Crippen molar-refractivity contribution in [1.29, 1.82) is 0 Å². The molecule has 1 amide bonds. The van der Waals surface area contributed by atoms with E-state index in [0.29, 0.717) is 18.4 Å². The molecule has 0 saturated carbocycles. The summed E-state index contributed by atoms with van der Waals surface area (Å²) >= 11 is 0. The van der Waals surface area contributed by atoms with Crippen LogP contribution in [0.15, 0.2) is 53.5 Å². The number of guanidine groups is 1. The monoisotopic (exact) mass is 506 g/mol. The lowest BCUT2D eigenvalue weighted by molar-refractivity contribution is -0.130. The highest BCUT2D eigenvalue weighted by Gasteiger charge is 2.20. The highest BCUT2D eigenvalue weighted by molar-refractivity contribution is 14.0. The van der Waals surface area contributed by atoms with E-state index < -0.39 is 0 Å². The molecule has 5 nitrogen and oxygen atoms in total. The van der Waals surface area contributed by atoms with Crippen LogP contribution in [0.1, 0.15) is 35.1 Å². The van der Waals surface area contributed by atoms with Gasteiger partial charge in [-0.2, -0.15) is 0 Å². The fourth-order valence-corrected chi connectivity index (χ4v) is 3.46. The molecule has 0 aromatic heterocycles. The van der Waals surface area contributed by atoms with Gasteiger partial charge < -0.3 is 15.5 Å². The lowest BCUT2D eigenvalue weighted by atomic mass is 10.00. The summed E-state index contributed by atoms with van der Waals surface area (Å²) in [6.45, 7) is 6.74. The van der Waals surface area contributed by atoms with Crippen LogP contribution in [0.3, 0.4) is 0 Å². The van der Waals surface area contributed by atoms with Crippen molar-refractivity contribution in [3.63, 3.8) is 0 Å². The number of fused-ring (bicyclic) bond motifs is 1. The highest BCUT2D eigenvalue weighted by Crippen LogP contribution is 2.18. The average molecular weight is 506 g/mol. The Labute approximate surface area is 191 Å². The lowest BCUT2D eigenvalue weighted by Crippen LogP contribution is -2.46. The van der Waals surface area contributed by atoms with Crippen molar-refractivity contribution in [2.24, 2.45) is 4.99 Å². The highest BCUT2D eigenvalue weighted by atomic mass is 127. The first-order valence-electron chi connectivity index (χ1n) is 9.92. The van der Waals surface area contributed by atoms with Crippen LogP contribution in [0.2, 0.25) is 0 Å². The molecular formula is C23H31IN4O. The molecule has 156 valence electrons. The number of aliphatic imine (C=N–C) groups is 1. The fourth-order valence-electron chi connectivity index (χ4n) is 3.46. The number of nitrogens with one attached hydrogen (secondary N) is 2. The predicted octanol–water partition coefficient (Wildman–Crippen LogP) is 3.47. The van der Waals surface area contributed by atoms with Crippen molar-refractivity contribution in [2.45, 2.75) is 32.7 Å². The van der Waals surface area contributed by atoms with Gasteiger partial charge in [0.15, 0.2) is 5.96 Å². The Morgan fingerprint density at radius 1 is 1.10 bits per heavy atom. The molecule has 1 aliphatic heterocycles. The van der Waals surface area contributed by atoms with Crippen molar-refractivity contribution in [3.05, 3.63) is 70.8 Å². The molecule has 1 aliphatic rings. The van der Waals surface area contributed by atoms with Crippen molar-refractivity contribution in [2.75, 3.05) is 26.7 Å². The van der Waals surface area contributed by atoms with E-state index in [9.17, 15) is 4.79 Å². The van der Waals surface area contributed by atoms with E-state index in [4.69, 9.17) is 0 Å². The summed E-state index contributed by atoms with van der Waals surface area (Å²) in [6, 6.07) is 16.9. The van der Waals surface area contributed by atoms with Gasteiger partial charge in [-0.3, -0.25) is 9.79 Å². The predicted molar refractivity (Wildman–Crippen MR) is 130 cm³/mol. The Hall–Kier alpha value is -2.09. The van der Waals surface area contributed by atoms with E-state index in [1.54, 1.807) is 7.05 Å². The summed E-state index contributed by atoms with van der Waals surface area (Å²) < 4.78 is 0. The maximum absolute atomic E-state index is 12.6. The minimum absolute atomic E-state index is 0. The number of hydrogen-bond acceptors (Lipinski definition) is 2. The van der Waals surface area contributed by atoms with Crippen LogP contribution in [0.25, 0.3) is 0 Å². The number of nitrogens with zero attached hydrogens (tertiary/aromatic N) is 2. The minimum atomic E-state index is 0. The summed E-state index contributed by atoms with van der Waals surface area (Å²) in [5.74, 6) is 1.11. The number of hydrogen-bond donors (Lipinski definition) is 2. The first kappa shape index (κ1) is 23.2. The first-order chi connectivity index (χ1) is 13.6. The van der Waals surface area contributed by atoms with E-state index in [2.05, 4.69) is 71.9 Å². The Kier molecular flexibility index (Phi) is 8.95. The molecule has 2 aromatic carbocycles. The van der Waals surface area contributed by atoms with Gasteiger partial charge in [0.05, 0.1) is 6.54 Å². The van der Waals surface area contributed by atoms with Gasteiger partial charge in [-0.25, -0.2) is 0 Å². The van der Waals surface area contributed by atoms with Crippen molar-refractivity contribution >= 4 is 35.8 Å². The van der Waals surface area contributed by atoms with Gasteiger partial charge in [-0.15, -0.1) is 24.0 Å². The number of benzene rings is 2. The quantitative estimate of drug-likeness (QED) is 0.371. The Morgan fingerprint density at radius 3 is 2.48 bits per heavy atom. The molecule has 0 radical (unpaired) electrons. The molecule has 1 atom stereocenters. The minimum Gasteiger partial charge on any atom is -0.356 e. The van der Waals surface area contributed by atoms with Gasteiger partial charge in [-0.1, -0.05) is 61.0 Å². The SMILES string of the molecule is CN=C(NCC(=O)N1CCc2ccccc2C1)NCC(C)c1ccc(C)cc1.I. The Bertz CT molecular complexity index is 835. The van der Waals surface area contributed by atoms with Gasteiger partial charge in [0.2, 0.25) is 5.91 Å². The van der Waals surface area contributed by atoms with Crippen LogP contribution < -0.4 is 10.6 Å². The van der Waals surface area contributed by atoms with Crippen LogP contribution >= 0.6 is 24.0 Å². The van der Waals surface area contributed by atoms with E-state index in [-0.39, 0.29) is 36.4 Å². The molecule has 2 N–H and O–H groups in total. The summed E-state index contributed by atoms with van der Waals surface area (Å²) in [6.07, 6.45) is 0.920. The standard InChI is InChI=1S/C23H30N4O.HI/c1-17-8-10-19(11-9-17)18(2)14-25-23(24-3)26-15-22(28)27-13-12-20-6-4-5-7-21(20)16-27;/h4-11,18H,12-16H2,1-3H3,(H2,24,25,26);1H. The third kappa shape index (κ3) is 6.45. The zero-order valence-electron chi connectivity index (χ0n) is 17.4. The second kappa shape index (κ2) is 11.2. The molecular weight excluding hydrogens is 475 g/mol. The number of carbonyl (C=O) groups is 1. The average Bonchev–Trinajstić information content (AvgIpc) is 2.73. The first-order valence-corrected chi connectivity index (χ1v) is 9.92. The molecule has 3 rings (SSSR count). The summed E-state index contributed by atoms with van der Waals surface area (Å²) in [5.41, 5.74) is 5.15. The van der Waals surface area contributed by atoms with E-state index >= 15 is 0 Å². The second-order valence-electron chi connectivity index (χ2n) is 7.45. The Morgan fingerprint density at radius 2 is 1.79 bits per heavy atom. The van der Waals surface area contributed by atoms with Gasteiger partial charge in [-0.05, 0) is 36.0 Å². The molecule has 6 heteroatoms. The molecule has 29 heavy (non-hydrogen) atoms. The fraction of sp³-hybridized carbons (Fsp3) is 0.391. The maximum Gasteiger partial charge on any atom is 0.242 e. The van der Waals surface area contributed by atoms with Gasteiger partial charge in [0.25, 0.3) is 0 Å². The summed E-state index contributed by atoms with van der Waals surface area (Å²) in [4.78, 5) is 18.8. The summed E-state index contributed by atoms with van der Waals surface area (Å²) in [7, 11) is 1.73. The number of halogens is 1. The number of amides is 1. The van der Waals surface area contributed by atoms with E-state index in [1.807, 2.05) is 11.0 Å². The van der Waals surface area contributed by atoms with Gasteiger partial charge in [0.1, 0.15) is 0 Å². The van der Waals surface area contributed by atoms with Crippen LogP contribution in [0.5, 0.6) is 0 Å². The third-order valence-corrected chi connectivity index (χ3v) is 5.34. The van der Waals surface area contributed by atoms with Crippen molar-refractivity contribution in [3.8, 4) is 0 Å².